The number of benzene rings is 1. The number of carbonyl (C=O) groups is 2. The first-order valence-corrected chi connectivity index (χ1v) is 8.59. The van der Waals surface area contributed by atoms with E-state index in [0.29, 0.717) is 5.69 Å². The van der Waals surface area contributed by atoms with Crippen LogP contribution in [-0.2, 0) is 11.3 Å². The zero-order valence-electron chi connectivity index (χ0n) is 15.1. The topological polar surface area (TPSA) is 93.2 Å². The number of aromatic nitrogens is 2. The van der Waals surface area contributed by atoms with Crippen molar-refractivity contribution in [2.75, 3.05) is 5.32 Å². The zero-order chi connectivity index (χ0) is 21.2. The Kier molecular flexibility index (Phi) is 5.66. The first-order valence-electron chi connectivity index (χ1n) is 8.59. The van der Waals surface area contributed by atoms with Crippen LogP contribution < -0.4 is 15.4 Å². The second kappa shape index (κ2) is 8.02. The number of anilines is 1. The Balaban J connectivity index is 1.67. The predicted octanol–water partition coefficient (Wildman–Crippen LogP) is 3.10. The quantitative estimate of drug-likeness (QED) is 0.712. The molecule has 0 bridgehead atoms. The number of amides is 2. The molecule has 0 spiro atoms. The van der Waals surface area contributed by atoms with Crippen LogP contribution in [0.2, 0.25) is 0 Å². The van der Waals surface area contributed by atoms with Gasteiger partial charge in [0.15, 0.2) is 11.6 Å². The first kappa shape index (κ1) is 20.5. The minimum Gasteiger partial charge on any atom is -0.403 e. The van der Waals surface area contributed by atoms with Crippen LogP contribution in [0.4, 0.5) is 23.5 Å². The maximum atomic E-state index is 13.5. The molecule has 0 radical (unpaired) electrons. The smallest absolute Gasteiger partial charge is 0.403 e. The molecular weight excluding hydrogens is 396 g/mol. The molecule has 2 amide bonds. The van der Waals surface area contributed by atoms with Crippen molar-refractivity contribution in [2.24, 2.45) is 5.92 Å². The van der Waals surface area contributed by atoms with Gasteiger partial charge >= 0.3 is 6.36 Å². The molecule has 1 aliphatic carbocycles. The van der Waals surface area contributed by atoms with Crippen molar-refractivity contribution in [1.29, 1.82) is 0 Å². The van der Waals surface area contributed by atoms with Crippen LogP contribution in [0.3, 0.4) is 0 Å². The Labute approximate surface area is 162 Å². The maximum Gasteiger partial charge on any atom is 0.573 e. The highest BCUT2D eigenvalue weighted by molar-refractivity contribution is 5.95. The molecule has 0 atom stereocenters. The third kappa shape index (κ3) is 5.87. The van der Waals surface area contributed by atoms with Gasteiger partial charge in [-0.15, -0.1) is 13.2 Å². The van der Waals surface area contributed by atoms with E-state index in [4.69, 9.17) is 0 Å². The Bertz CT molecular complexity index is 945. The summed E-state index contributed by atoms with van der Waals surface area (Å²) < 4.78 is 54.0. The molecule has 29 heavy (non-hydrogen) atoms. The average Bonchev–Trinajstić information content (AvgIpc) is 3.45. The standard InChI is InChI=1S/C18H16F4N4O3/c1-9-6-13(25-17(24-9)26-15(27)11-3-4-11)16(28)23-8-10-2-5-12(19)14(7-10)29-18(20,21)22/h2,5-7,11H,3-4,8H2,1H3,(H,23,28)(H,24,25,26,27). The van der Waals surface area contributed by atoms with E-state index in [1.807, 2.05) is 0 Å². The highest BCUT2D eigenvalue weighted by Gasteiger charge is 2.32. The van der Waals surface area contributed by atoms with E-state index in [1.165, 1.54) is 12.1 Å². The molecule has 154 valence electrons. The fourth-order valence-corrected chi connectivity index (χ4v) is 2.43. The molecule has 2 N–H and O–H groups in total. The summed E-state index contributed by atoms with van der Waals surface area (Å²) in [4.78, 5) is 32.2. The highest BCUT2D eigenvalue weighted by atomic mass is 19.4. The van der Waals surface area contributed by atoms with Gasteiger partial charge in [0.1, 0.15) is 5.69 Å². The van der Waals surface area contributed by atoms with Crippen LogP contribution in [-0.4, -0.2) is 28.1 Å². The molecule has 0 aliphatic heterocycles. The van der Waals surface area contributed by atoms with E-state index in [2.05, 4.69) is 25.3 Å². The van der Waals surface area contributed by atoms with Crippen molar-refractivity contribution < 1.29 is 31.9 Å². The monoisotopic (exact) mass is 412 g/mol. The molecule has 3 rings (SSSR count). The van der Waals surface area contributed by atoms with Crippen LogP contribution in [0.25, 0.3) is 0 Å². The fraction of sp³-hybridized carbons (Fsp3) is 0.333. The third-order valence-corrected chi connectivity index (χ3v) is 3.94. The van der Waals surface area contributed by atoms with Crippen LogP contribution in [0, 0.1) is 18.7 Å². The number of carbonyl (C=O) groups excluding carboxylic acids is 2. The van der Waals surface area contributed by atoms with Crippen molar-refractivity contribution in [3.05, 3.63) is 47.0 Å². The lowest BCUT2D eigenvalue weighted by atomic mass is 10.2. The van der Waals surface area contributed by atoms with E-state index in [1.54, 1.807) is 6.92 Å². The molecule has 11 heteroatoms. The first-order chi connectivity index (χ1) is 13.6. The summed E-state index contributed by atoms with van der Waals surface area (Å²) in [5.41, 5.74) is 0.600. The SMILES string of the molecule is Cc1cc(C(=O)NCc2ccc(F)c(OC(F)(F)F)c2)nc(NC(=O)C2CC2)n1. The van der Waals surface area contributed by atoms with Gasteiger partial charge in [-0.3, -0.25) is 14.9 Å². The van der Waals surface area contributed by atoms with Gasteiger partial charge in [0.25, 0.3) is 5.91 Å². The molecule has 2 aromatic rings. The molecule has 1 saturated carbocycles. The van der Waals surface area contributed by atoms with Gasteiger partial charge in [-0.1, -0.05) is 6.07 Å². The molecule has 0 saturated heterocycles. The number of ether oxygens (including phenoxy) is 1. The van der Waals surface area contributed by atoms with E-state index < -0.39 is 23.8 Å². The number of aryl methyl sites for hydroxylation is 1. The second-order valence-corrected chi connectivity index (χ2v) is 6.48. The van der Waals surface area contributed by atoms with Crippen molar-refractivity contribution in [3.8, 4) is 5.75 Å². The Morgan fingerprint density at radius 1 is 1.21 bits per heavy atom. The molecule has 1 heterocycles. The summed E-state index contributed by atoms with van der Waals surface area (Å²) >= 11 is 0. The zero-order valence-corrected chi connectivity index (χ0v) is 15.1. The Morgan fingerprint density at radius 2 is 1.93 bits per heavy atom. The van der Waals surface area contributed by atoms with Crippen LogP contribution in [0.15, 0.2) is 24.3 Å². The number of nitrogens with zero attached hydrogens (tertiary/aromatic N) is 2. The number of halogens is 4. The van der Waals surface area contributed by atoms with Gasteiger partial charge < -0.3 is 10.1 Å². The van der Waals surface area contributed by atoms with Crippen LogP contribution in [0.1, 0.15) is 34.6 Å². The lowest BCUT2D eigenvalue weighted by Gasteiger charge is -2.12. The number of hydrogen-bond donors (Lipinski definition) is 2. The fourth-order valence-electron chi connectivity index (χ4n) is 2.43. The molecule has 0 unspecified atom stereocenters. The largest absolute Gasteiger partial charge is 0.573 e. The summed E-state index contributed by atoms with van der Waals surface area (Å²) in [5, 5.41) is 5.01. The number of nitrogens with one attached hydrogen (secondary N) is 2. The number of alkyl halides is 3. The second-order valence-electron chi connectivity index (χ2n) is 6.48. The number of hydrogen-bond acceptors (Lipinski definition) is 5. The van der Waals surface area contributed by atoms with Crippen molar-refractivity contribution in [2.45, 2.75) is 32.7 Å². The van der Waals surface area contributed by atoms with E-state index in [9.17, 15) is 27.2 Å². The summed E-state index contributed by atoms with van der Waals surface area (Å²) in [7, 11) is 0. The molecule has 1 aromatic heterocycles. The van der Waals surface area contributed by atoms with Gasteiger partial charge in [-0.2, -0.15) is 0 Å². The summed E-state index contributed by atoms with van der Waals surface area (Å²) in [6.07, 6.45) is -3.45. The lowest BCUT2D eigenvalue weighted by molar-refractivity contribution is -0.275. The van der Waals surface area contributed by atoms with Gasteiger partial charge in [0.05, 0.1) is 0 Å². The van der Waals surface area contributed by atoms with Gasteiger partial charge in [-0.05, 0) is 43.5 Å². The van der Waals surface area contributed by atoms with E-state index >= 15 is 0 Å². The molecule has 1 fully saturated rings. The highest BCUT2D eigenvalue weighted by Crippen LogP contribution is 2.30. The van der Waals surface area contributed by atoms with Crippen molar-refractivity contribution in [3.63, 3.8) is 0 Å². The van der Waals surface area contributed by atoms with E-state index in [0.717, 1.165) is 25.0 Å². The summed E-state index contributed by atoms with van der Waals surface area (Å²) in [6.45, 7) is 1.42. The average molecular weight is 412 g/mol. The normalized spacial score (nSPS) is 13.7. The van der Waals surface area contributed by atoms with Gasteiger partial charge in [-0.25, -0.2) is 14.4 Å². The van der Waals surface area contributed by atoms with Gasteiger partial charge in [0.2, 0.25) is 11.9 Å². The van der Waals surface area contributed by atoms with E-state index in [-0.39, 0.29) is 35.6 Å². The summed E-state index contributed by atoms with van der Waals surface area (Å²) in [5.74, 6) is -3.10. The summed E-state index contributed by atoms with van der Waals surface area (Å²) in [6, 6.07) is 4.26. The molecule has 1 aromatic carbocycles. The maximum absolute atomic E-state index is 13.5. The minimum atomic E-state index is -5.04. The van der Waals surface area contributed by atoms with Crippen molar-refractivity contribution in [1.82, 2.24) is 15.3 Å². The van der Waals surface area contributed by atoms with Crippen LogP contribution in [0.5, 0.6) is 5.75 Å². The Hall–Kier alpha value is -3.24. The van der Waals surface area contributed by atoms with Crippen LogP contribution >= 0.6 is 0 Å². The molecular formula is C18H16F4N4O3. The number of rotatable bonds is 6. The lowest BCUT2D eigenvalue weighted by Crippen LogP contribution is -2.25. The third-order valence-electron chi connectivity index (χ3n) is 3.94. The molecule has 1 aliphatic rings. The minimum absolute atomic E-state index is 0.00491. The predicted molar refractivity (Wildman–Crippen MR) is 92.4 cm³/mol. The van der Waals surface area contributed by atoms with Crippen molar-refractivity contribution >= 4 is 17.8 Å². The molecule has 7 nitrogen and oxygen atoms in total. The van der Waals surface area contributed by atoms with Gasteiger partial charge in [0, 0.05) is 18.2 Å². The Morgan fingerprint density at radius 3 is 2.59 bits per heavy atom.